The van der Waals surface area contributed by atoms with Gasteiger partial charge in [0.25, 0.3) is 0 Å². The first-order valence-electron chi connectivity index (χ1n) is 4.06. The largest absolute Gasteiger partial charge is 0.350 e. The van der Waals surface area contributed by atoms with Gasteiger partial charge in [0.1, 0.15) is 11.6 Å². The van der Waals surface area contributed by atoms with Gasteiger partial charge in [0.05, 0.1) is 11.2 Å². The molecule has 0 atom stereocenters. The number of rotatable bonds is 1. The molecule has 72 valence electrons. The van der Waals surface area contributed by atoms with Crippen LogP contribution in [-0.2, 0) is 0 Å². The van der Waals surface area contributed by atoms with Gasteiger partial charge in [-0.3, -0.25) is 4.79 Å². The van der Waals surface area contributed by atoms with Crippen LogP contribution in [0.5, 0.6) is 0 Å². The molecule has 14 heavy (non-hydrogen) atoms. The lowest BCUT2D eigenvalue weighted by molar-refractivity contribution is 0.111. The quantitative estimate of drug-likeness (QED) is 0.697. The molecule has 0 fully saturated rings. The SMILES string of the molecule is Cc1c(C=O)[nH]c2c(F)cc(F)cc12. The van der Waals surface area contributed by atoms with Gasteiger partial charge >= 0.3 is 0 Å². The summed E-state index contributed by atoms with van der Waals surface area (Å²) in [5.74, 6) is -1.33. The van der Waals surface area contributed by atoms with Crippen molar-refractivity contribution in [3.05, 3.63) is 35.0 Å². The van der Waals surface area contributed by atoms with Crippen LogP contribution in [0.2, 0.25) is 0 Å². The number of fused-ring (bicyclic) bond motifs is 1. The first kappa shape index (κ1) is 8.87. The van der Waals surface area contributed by atoms with Crippen molar-refractivity contribution in [3.63, 3.8) is 0 Å². The number of carbonyl (C=O) groups excluding carboxylic acids is 1. The summed E-state index contributed by atoms with van der Waals surface area (Å²) in [6.45, 7) is 1.64. The predicted molar refractivity (Wildman–Crippen MR) is 48.3 cm³/mol. The fourth-order valence-electron chi connectivity index (χ4n) is 1.49. The van der Waals surface area contributed by atoms with Crippen molar-refractivity contribution in [2.24, 2.45) is 0 Å². The lowest BCUT2D eigenvalue weighted by Crippen LogP contribution is -1.81. The van der Waals surface area contributed by atoms with Gasteiger partial charge in [-0.2, -0.15) is 0 Å². The van der Waals surface area contributed by atoms with Gasteiger partial charge in [-0.05, 0) is 18.6 Å². The molecular formula is C10H7F2NO. The molecule has 0 saturated carbocycles. The van der Waals surface area contributed by atoms with Crippen molar-refractivity contribution in [2.45, 2.75) is 6.92 Å². The van der Waals surface area contributed by atoms with E-state index in [9.17, 15) is 13.6 Å². The summed E-state index contributed by atoms with van der Waals surface area (Å²) in [4.78, 5) is 13.1. The molecule has 2 nitrogen and oxygen atoms in total. The molecule has 0 unspecified atom stereocenters. The highest BCUT2D eigenvalue weighted by Crippen LogP contribution is 2.24. The lowest BCUT2D eigenvalue weighted by Gasteiger charge is -1.93. The number of aldehydes is 1. The van der Waals surface area contributed by atoms with E-state index in [0.717, 1.165) is 6.07 Å². The topological polar surface area (TPSA) is 32.9 Å². The minimum Gasteiger partial charge on any atom is -0.350 e. The summed E-state index contributed by atoms with van der Waals surface area (Å²) < 4.78 is 26.0. The van der Waals surface area contributed by atoms with Gasteiger partial charge in [0.2, 0.25) is 0 Å². The fraction of sp³-hybridized carbons (Fsp3) is 0.100. The minimum atomic E-state index is -0.684. The third-order valence-electron chi connectivity index (χ3n) is 2.24. The first-order valence-corrected chi connectivity index (χ1v) is 4.06. The monoisotopic (exact) mass is 195 g/mol. The predicted octanol–water partition coefficient (Wildman–Crippen LogP) is 2.57. The van der Waals surface area contributed by atoms with Crippen LogP contribution in [0.25, 0.3) is 10.9 Å². The number of aromatic nitrogens is 1. The Kier molecular flexibility index (Phi) is 1.84. The first-order chi connectivity index (χ1) is 6.63. The van der Waals surface area contributed by atoms with Gasteiger partial charge in [0.15, 0.2) is 6.29 Å². The third kappa shape index (κ3) is 1.11. The number of nitrogens with one attached hydrogen (secondary N) is 1. The summed E-state index contributed by atoms with van der Waals surface area (Å²) in [6, 6.07) is 1.99. The van der Waals surface area contributed by atoms with Crippen LogP contribution in [-0.4, -0.2) is 11.3 Å². The molecule has 1 aromatic carbocycles. The molecule has 1 N–H and O–H groups in total. The van der Waals surface area contributed by atoms with Crippen molar-refractivity contribution >= 4 is 17.2 Å². The number of hydrogen-bond donors (Lipinski definition) is 1. The van der Waals surface area contributed by atoms with Crippen LogP contribution >= 0.6 is 0 Å². The highest BCUT2D eigenvalue weighted by atomic mass is 19.1. The molecule has 1 aromatic heterocycles. The van der Waals surface area contributed by atoms with E-state index >= 15 is 0 Å². The number of halogens is 2. The van der Waals surface area contributed by atoms with E-state index in [1.807, 2.05) is 0 Å². The number of H-pyrrole nitrogens is 1. The van der Waals surface area contributed by atoms with Crippen LogP contribution < -0.4 is 0 Å². The molecule has 2 aromatic rings. The second-order valence-electron chi connectivity index (χ2n) is 3.09. The summed E-state index contributed by atoms with van der Waals surface area (Å²) in [7, 11) is 0. The van der Waals surface area contributed by atoms with Crippen molar-refractivity contribution in [3.8, 4) is 0 Å². The fourth-order valence-corrected chi connectivity index (χ4v) is 1.49. The molecule has 0 aliphatic carbocycles. The molecule has 0 bridgehead atoms. The molecule has 2 rings (SSSR count). The Balaban J connectivity index is 2.91. The molecule has 0 aliphatic heterocycles. The van der Waals surface area contributed by atoms with E-state index in [-0.39, 0.29) is 11.2 Å². The van der Waals surface area contributed by atoms with Gasteiger partial charge in [-0.25, -0.2) is 8.78 Å². The average Bonchev–Trinajstić information content (AvgIpc) is 2.44. The summed E-state index contributed by atoms with van der Waals surface area (Å²) in [5.41, 5.74) is 1.02. The standard InChI is InChI=1S/C10H7F2NO/c1-5-7-2-6(11)3-8(12)10(7)13-9(5)4-14/h2-4,13H,1H3. The van der Waals surface area contributed by atoms with Gasteiger partial charge in [0, 0.05) is 11.5 Å². The average molecular weight is 195 g/mol. The number of carbonyl (C=O) groups is 1. The van der Waals surface area contributed by atoms with Crippen molar-refractivity contribution in [1.29, 1.82) is 0 Å². The van der Waals surface area contributed by atoms with Gasteiger partial charge < -0.3 is 4.98 Å². The molecule has 0 saturated heterocycles. The van der Waals surface area contributed by atoms with E-state index in [0.29, 0.717) is 17.2 Å². The van der Waals surface area contributed by atoms with E-state index in [2.05, 4.69) is 4.98 Å². The van der Waals surface area contributed by atoms with Crippen LogP contribution in [0.4, 0.5) is 8.78 Å². The maximum Gasteiger partial charge on any atom is 0.166 e. The summed E-state index contributed by atoms with van der Waals surface area (Å²) in [5, 5.41) is 0.407. The zero-order valence-corrected chi connectivity index (χ0v) is 7.40. The van der Waals surface area contributed by atoms with Gasteiger partial charge in [-0.15, -0.1) is 0 Å². The van der Waals surface area contributed by atoms with E-state index < -0.39 is 11.6 Å². The molecule has 4 heteroatoms. The second kappa shape index (κ2) is 2.90. The number of aryl methyl sites for hydroxylation is 1. The highest BCUT2D eigenvalue weighted by molar-refractivity contribution is 5.92. The Bertz CT molecular complexity index is 516. The Morgan fingerprint density at radius 3 is 2.71 bits per heavy atom. The summed E-state index contributed by atoms with van der Waals surface area (Å²) >= 11 is 0. The zero-order valence-electron chi connectivity index (χ0n) is 7.40. The van der Waals surface area contributed by atoms with Crippen LogP contribution in [0.15, 0.2) is 12.1 Å². The highest BCUT2D eigenvalue weighted by Gasteiger charge is 2.11. The molecule has 0 radical (unpaired) electrons. The Morgan fingerprint density at radius 1 is 1.36 bits per heavy atom. The van der Waals surface area contributed by atoms with Crippen molar-refractivity contribution in [2.75, 3.05) is 0 Å². The molecule has 0 spiro atoms. The molecule has 0 amide bonds. The maximum atomic E-state index is 13.2. The van der Waals surface area contributed by atoms with Gasteiger partial charge in [-0.1, -0.05) is 0 Å². The van der Waals surface area contributed by atoms with Crippen molar-refractivity contribution in [1.82, 2.24) is 4.98 Å². The number of aromatic amines is 1. The molecular weight excluding hydrogens is 188 g/mol. The van der Waals surface area contributed by atoms with Crippen LogP contribution in [0, 0.1) is 18.6 Å². The van der Waals surface area contributed by atoms with Crippen LogP contribution in [0.3, 0.4) is 0 Å². The van der Waals surface area contributed by atoms with E-state index in [1.54, 1.807) is 6.92 Å². The molecule has 1 heterocycles. The Hall–Kier alpha value is -1.71. The smallest absolute Gasteiger partial charge is 0.166 e. The number of hydrogen-bond acceptors (Lipinski definition) is 1. The maximum absolute atomic E-state index is 13.2. The minimum absolute atomic E-state index is 0.172. The summed E-state index contributed by atoms with van der Waals surface area (Å²) in [6.07, 6.45) is 0.590. The van der Waals surface area contributed by atoms with E-state index in [1.165, 1.54) is 6.07 Å². The second-order valence-corrected chi connectivity index (χ2v) is 3.09. The van der Waals surface area contributed by atoms with E-state index in [4.69, 9.17) is 0 Å². The third-order valence-corrected chi connectivity index (χ3v) is 2.24. The lowest BCUT2D eigenvalue weighted by atomic mass is 10.1. The number of benzene rings is 1. The van der Waals surface area contributed by atoms with Crippen LogP contribution in [0.1, 0.15) is 16.1 Å². The molecule has 0 aliphatic rings. The normalized spacial score (nSPS) is 10.8. The zero-order chi connectivity index (χ0) is 10.3. The van der Waals surface area contributed by atoms with Crippen molar-refractivity contribution < 1.29 is 13.6 Å². The Morgan fingerprint density at radius 2 is 2.07 bits per heavy atom. The Labute approximate surface area is 78.5 Å².